The van der Waals surface area contributed by atoms with Crippen LogP contribution in [0.1, 0.15) is 34.6 Å². The number of hydrogen-bond acceptors (Lipinski definition) is 4. The van der Waals surface area contributed by atoms with Gasteiger partial charge in [-0.2, -0.15) is 0 Å². The first-order valence-electron chi connectivity index (χ1n) is 5.51. The highest BCUT2D eigenvalue weighted by Crippen LogP contribution is 2.10. The molecule has 2 amide bonds. The Labute approximate surface area is 102 Å². The average Bonchev–Trinajstić information content (AvgIpc) is 2.09. The van der Waals surface area contributed by atoms with E-state index in [0.29, 0.717) is 0 Å². The molecule has 6 heteroatoms. The number of carbonyl (C=O) groups is 2. The summed E-state index contributed by atoms with van der Waals surface area (Å²) in [4.78, 5) is 22.4. The quantitative estimate of drug-likeness (QED) is 0.667. The summed E-state index contributed by atoms with van der Waals surface area (Å²) in [6, 6.07) is -0.762. The van der Waals surface area contributed by atoms with Gasteiger partial charge in [0.05, 0.1) is 6.04 Å². The van der Waals surface area contributed by atoms with Crippen molar-refractivity contribution in [2.45, 2.75) is 52.4 Å². The van der Waals surface area contributed by atoms with Crippen molar-refractivity contribution in [1.82, 2.24) is 5.32 Å². The largest absolute Gasteiger partial charge is 0.444 e. The van der Waals surface area contributed by atoms with E-state index in [-0.39, 0.29) is 5.92 Å². The van der Waals surface area contributed by atoms with Crippen molar-refractivity contribution in [3.05, 3.63) is 0 Å². The van der Waals surface area contributed by atoms with Gasteiger partial charge in [0.25, 0.3) is 0 Å². The van der Waals surface area contributed by atoms with Crippen molar-refractivity contribution in [2.24, 2.45) is 11.7 Å². The Morgan fingerprint density at radius 3 is 2.06 bits per heavy atom. The Balaban J connectivity index is 4.57. The van der Waals surface area contributed by atoms with Crippen LogP contribution in [0.2, 0.25) is 0 Å². The van der Waals surface area contributed by atoms with Crippen molar-refractivity contribution in [3.8, 4) is 0 Å². The Kier molecular flexibility index (Phi) is 5.41. The third kappa shape index (κ3) is 6.11. The van der Waals surface area contributed by atoms with Crippen molar-refractivity contribution >= 4 is 12.0 Å². The van der Waals surface area contributed by atoms with Crippen LogP contribution in [0.5, 0.6) is 0 Å². The zero-order valence-electron chi connectivity index (χ0n) is 11.0. The second-order valence-corrected chi connectivity index (χ2v) is 5.26. The zero-order valence-corrected chi connectivity index (χ0v) is 11.0. The third-order valence-corrected chi connectivity index (χ3v) is 2.03. The number of carbonyl (C=O) groups excluding carboxylic acids is 2. The van der Waals surface area contributed by atoms with Crippen molar-refractivity contribution in [2.75, 3.05) is 0 Å². The molecule has 0 aliphatic carbocycles. The minimum atomic E-state index is -1.43. The molecule has 0 aromatic carbocycles. The molecule has 0 aliphatic heterocycles. The predicted octanol–water partition coefficient (Wildman–Crippen LogP) is 0.382. The maximum atomic E-state index is 11.5. The van der Waals surface area contributed by atoms with E-state index >= 15 is 0 Å². The van der Waals surface area contributed by atoms with Gasteiger partial charge in [0.1, 0.15) is 5.60 Å². The van der Waals surface area contributed by atoms with Gasteiger partial charge in [-0.25, -0.2) is 4.79 Å². The fourth-order valence-electron chi connectivity index (χ4n) is 1.23. The fraction of sp³-hybridized carbons (Fsp3) is 0.818. The van der Waals surface area contributed by atoms with Crippen LogP contribution in [-0.2, 0) is 9.53 Å². The van der Waals surface area contributed by atoms with E-state index in [1.165, 1.54) is 0 Å². The van der Waals surface area contributed by atoms with Crippen LogP contribution in [0, 0.1) is 5.92 Å². The third-order valence-electron chi connectivity index (χ3n) is 2.03. The summed E-state index contributed by atoms with van der Waals surface area (Å²) in [5.74, 6) is -1.02. The first-order valence-corrected chi connectivity index (χ1v) is 5.51. The van der Waals surface area contributed by atoms with Gasteiger partial charge in [-0.3, -0.25) is 4.79 Å². The molecule has 0 saturated carbocycles. The first kappa shape index (κ1) is 15.7. The molecule has 17 heavy (non-hydrogen) atoms. The van der Waals surface area contributed by atoms with Gasteiger partial charge in [-0.05, 0) is 26.7 Å². The second-order valence-electron chi connectivity index (χ2n) is 5.26. The lowest BCUT2D eigenvalue weighted by atomic mass is 9.98. The molecular formula is C11H22N2O4. The van der Waals surface area contributed by atoms with Crippen LogP contribution in [0.25, 0.3) is 0 Å². The number of nitrogens with one attached hydrogen (secondary N) is 1. The molecule has 0 bridgehead atoms. The normalized spacial score (nSPS) is 15.2. The van der Waals surface area contributed by atoms with E-state index < -0.39 is 29.7 Å². The highest BCUT2D eigenvalue weighted by atomic mass is 16.6. The van der Waals surface area contributed by atoms with E-state index in [4.69, 9.17) is 10.5 Å². The van der Waals surface area contributed by atoms with Crippen molar-refractivity contribution in [1.29, 1.82) is 0 Å². The fourth-order valence-corrected chi connectivity index (χ4v) is 1.23. The average molecular weight is 246 g/mol. The molecule has 0 heterocycles. The van der Waals surface area contributed by atoms with Gasteiger partial charge in [0.15, 0.2) is 6.10 Å². The lowest BCUT2D eigenvalue weighted by molar-refractivity contribution is -0.128. The number of rotatable bonds is 4. The maximum Gasteiger partial charge on any atom is 0.407 e. The number of aliphatic hydroxyl groups is 1. The van der Waals surface area contributed by atoms with E-state index in [9.17, 15) is 14.7 Å². The van der Waals surface area contributed by atoms with Crippen molar-refractivity contribution in [3.63, 3.8) is 0 Å². The maximum absolute atomic E-state index is 11.5. The minimum absolute atomic E-state index is 0.148. The van der Waals surface area contributed by atoms with E-state index in [0.717, 1.165) is 0 Å². The summed E-state index contributed by atoms with van der Waals surface area (Å²) in [6.45, 7) is 8.69. The number of hydrogen-bond donors (Lipinski definition) is 3. The van der Waals surface area contributed by atoms with E-state index in [1.807, 2.05) is 0 Å². The lowest BCUT2D eigenvalue weighted by Crippen LogP contribution is -2.52. The molecule has 0 saturated heterocycles. The van der Waals surface area contributed by atoms with Gasteiger partial charge in [0.2, 0.25) is 5.91 Å². The molecule has 2 unspecified atom stereocenters. The van der Waals surface area contributed by atoms with Gasteiger partial charge in [0, 0.05) is 0 Å². The summed E-state index contributed by atoms with van der Waals surface area (Å²) < 4.78 is 5.03. The Morgan fingerprint density at radius 2 is 1.76 bits per heavy atom. The highest BCUT2D eigenvalue weighted by Gasteiger charge is 2.30. The zero-order chi connectivity index (χ0) is 13.8. The number of ether oxygens (including phenoxy) is 1. The lowest BCUT2D eigenvalue weighted by Gasteiger charge is -2.27. The Bertz CT molecular complexity index is 284. The minimum Gasteiger partial charge on any atom is -0.444 e. The SMILES string of the molecule is CC(C)C(NC(=O)OC(C)(C)C)C(O)C(N)=O. The number of primary amides is 1. The van der Waals surface area contributed by atoms with Gasteiger partial charge < -0.3 is 20.9 Å². The standard InChI is InChI=1S/C11H22N2O4/c1-6(2)7(8(14)9(12)15)13-10(16)17-11(3,4)5/h6-8,14H,1-5H3,(H2,12,15)(H,13,16). The summed E-state index contributed by atoms with van der Waals surface area (Å²) in [7, 11) is 0. The van der Waals surface area contributed by atoms with Crippen LogP contribution in [0.3, 0.4) is 0 Å². The number of amides is 2. The van der Waals surface area contributed by atoms with Crippen LogP contribution < -0.4 is 11.1 Å². The molecule has 4 N–H and O–H groups in total. The summed E-state index contributed by atoms with van der Waals surface area (Å²) in [5, 5.41) is 12.0. The molecule has 6 nitrogen and oxygen atoms in total. The second kappa shape index (κ2) is 5.86. The smallest absolute Gasteiger partial charge is 0.407 e. The molecule has 0 aromatic heterocycles. The highest BCUT2D eigenvalue weighted by molar-refractivity contribution is 5.80. The van der Waals surface area contributed by atoms with Gasteiger partial charge in [-0.15, -0.1) is 0 Å². The van der Waals surface area contributed by atoms with Crippen LogP contribution >= 0.6 is 0 Å². The number of aliphatic hydroxyl groups excluding tert-OH is 1. The predicted molar refractivity (Wildman–Crippen MR) is 63.2 cm³/mol. The summed E-state index contributed by atoms with van der Waals surface area (Å²) in [6.07, 6.45) is -2.11. The topological polar surface area (TPSA) is 102 Å². The van der Waals surface area contributed by atoms with Gasteiger partial charge >= 0.3 is 6.09 Å². The van der Waals surface area contributed by atoms with Gasteiger partial charge in [-0.1, -0.05) is 13.8 Å². The summed E-state index contributed by atoms with van der Waals surface area (Å²) >= 11 is 0. The molecule has 100 valence electrons. The molecule has 2 atom stereocenters. The first-order chi connectivity index (χ1) is 7.54. The molecular weight excluding hydrogens is 224 g/mol. The monoisotopic (exact) mass is 246 g/mol. The Morgan fingerprint density at radius 1 is 1.29 bits per heavy atom. The van der Waals surface area contributed by atoms with Crippen molar-refractivity contribution < 1.29 is 19.4 Å². The Hall–Kier alpha value is -1.30. The number of alkyl carbamates (subject to hydrolysis) is 1. The summed E-state index contributed by atoms with van der Waals surface area (Å²) in [5.41, 5.74) is 4.36. The van der Waals surface area contributed by atoms with Crippen LogP contribution in [0.15, 0.2) is 0 Å². The van der Waals surface area contributed by atoms with E-state index in [1.54, 1.807) is 34.6 Å². The van der Waals surface area contributed by atoms with Crippen LogP contribution in [0.4, 0.5) is 4.79 Å². The molecule has 0 spiro atoms. The number of nitrogens with two attached hydrogens (primary N) is 1. The molecule has 0 aromatic rings. The molecule has 0 aliphatic rings. The van der Waals surface area contributed by atoms with Crippen LogP contribution in [-0.4, -0.2) is 34.9 Å². The molecule has 0 radical (unpaired) electrons. The molecule has 0 fully saturated rings. The van der Waals surface area contributed by atoms with E-state index in [2.05, 4.69) is 5.32 Å². The molecule has 0 rings (SSSR count).